The molecule has 3 aromatic rings. The molecule has 1 aromatic heterocycles. The van der Waals surface area contributed by atoms with E-state index >= 15 is 0 Å². The van der Waals surface area contributed by atoms with Crippen LogP contribution < -0.4 is 4.90 Å². The van der Waals surface area contributed by atoms with E-state index in [1.54, 1.807) is 33.4 Å². The van der Waals surface area contributed by atoms with Crippen molar-refractivity contribution < 1.29 is 19.3 Å². The van der Waals surface area contributed by atoms with Crippen molar-refractivity contribution in [2.45, 2.75) is 0 Å². The zero-order chi connectivity index (χ0) is 28.2. The molecule has 208 valence electrons. The summed E-state index contributed by atoms with van der Waals surface area (Å²) in [5.41, 5.74) is 0.908. The standard InChI is InChI=1S/C24H24N8O6S2/c33-31(34)19-3-1-17(2-4-19)25-21(27-9-13-37-14-10-27)30-23(39)26-22(28-11-15-38-16-12-28)29(24(30)40)18-5-7-20(8-6-18)32(35)36/h1-8H,9-16H2. The lowest BCUT2D eigenvalue weighted by atomic mass is 10.3. The summed E-state index contributed by atoms with van der Waals surface area (Å²) >= 11 is 11.8. The first-order chi connectivity index (χ1) is 19.3. The highest BCUT2D eigenvalue weighted by atomic mass is 32.1. The Morgan fingerprint density at radius 1 is 0.825 bits per heavy atom. The Bertz CT molecular complexity index is 1560. The number of rotatable bonds is 5. The van der Waals surface area contributed by atoms with Crippen LogP contribution in [0.15, 0.2) is 53.5 Å². The van der Waals surface area contributed by atoms with Gasteiger partial charge in [-0.25, -0.2) is 9.56 Å². The summed E-state index contributed by atoms with van der Waals surface area (Å²) in [7, 11) is 0. The second kappa shape index (κ2) is 12.0. The summed E-state index contributed by atoms with van der Waals surface area (Å²) in [4.78, 5) is 35.0. The summed E-state index contributed by atoms with van der Waals surface area (Å²) in [5.74, 6) is 0.879. The quantitative estimate of drug-likeness (QED) is 0.142. The molecule has 0 amide bonds. The van der Waals surface area contributed by atoms with Crippen LogP contribution in [-0.4, -0.2) is 87.4 Å². The van der Waals surface area contributed by atoms with Crippen LogP contribution in [0.1, 0.15) is 0 Å². The Morgan fingerprint density at radius 3 is 1.90 bits per heavy atom. The number of nitro groups is 2. The number of non-ortho nitro benzene ring substituents is 2. The van der Waals surface area contributed by atoms with Crippen LogP contribution >= 0.6 is 24.4 Å². The van der Waals surface area contributed by atoms with E-state index in [2.05, 4.69) is 0 Å². The second-order valence-electron chi connectivity index (χ2n) is 8.81. The van der Waals surface area contributed by atoms with Crippen LogP contribution in [-0.2, 0) is 9.47 Å². The van der Waals surface area contributed by atoms with Crippen molar-refractivity contribution in [3.8, 4) is 5.69 Å². The fraction of sp³-hybridized carbons (Fsp3) is 0.333. The molecule has 0 aliphatic carbocycles. The Morgan fingerprint density at radius 2 is 1.35 bits per heavy atom. The number of aromatic nitrogens is 3. The van der Waals surface area contributed by atoms with E-state index in [0.717, 1.165) is 0 Å². The molecule has 0 radical (unpaired) electrons. The lowest BCUT2D eigenvalue weighted by Crippen LogP contribution is -2.45. The van der Waals surface area contributed by atoms with E-state index < -0.39 is 9.85 Å². The van der Waals surface area contributed by atoms with Gasteiger partial charge >= 0.3 is 0 Å². The summed E-state index contributed by atoms with van der Waals surface area (Å²) in [6.45, 7) is 4.04. The fourth-order valence-corrected chi connectivity index (χ4v) is 5.00. The molecule has 2 saturated heterocycles. The number of hydrogen-bond donors (Lipinski definition) is 0. The molecule has 2 fully saturated rings. The third-order valence-corrected chi connectivity index (χ3v) is 7.00. The van der Waals surface area contributed by atoms with Crippen LogP contribution in [0.5, 0.6) is 0 Å². The third-order valence-electron chi connectivity index (χ3n) is 6.37. The molecule has 0 unspecified atom stereocenters. The minimum atomic E-state index is -0.477. The van der Waals surface area contributed by atoms with Crippen LogP contribution in [0.4, 0.5) is 23.0 Å². The van der Waals surface area contributed by atoms with Crippen LogP contribution in [0, 0.1) is 29.8 Å². The molecule has 0 N–H and O–H groups in total. The number of nitrogens with zero attached hydrogens (tertiary/aromatic N) is 8. The topological polar surface area (TPSA) is 146 Å². The van der Waals surface area contributed by atoms with Crippen molar-refractivity contribution in [1.82, 2.24) is 19.0 Å². The molecule has 14 nitrogen and oxygen atoms in total. The van der Waals surface area contributed by atoms with E-state index in [0.29, 0.717) is 75.9 Å². The Balaban J connectivity index is 1.71. The molecule has 5 rings (SSSR count). The van der Waals surface area contributed by atoms with Crippen molar-refractivity contribution in [2.24, 2.45) is 4.99 Å². The summed E-state index contributed by atoms with van der Waals surface area (Å²) in [5, 5.41) is 22.4. The molecule has 3 heterocycles. The lowest BCUT2D eigenvalue weighted by molar-refractivity contribution is -0.385. The van der Waals surface area contributed by atoms with Gasteiger partial charge < -0.3 is 19.3 Å². The van der Waals surface area contributed by atoms with Gasteiger partial charge in [-0.05, 0) is 48.7 Å². The molecule has 2 aliphatic rings. The predicted molar refractivity (Wildman–Crippen MR) is 151 cm³/mol. The van der Waals surface area contributed by atoms with Crippen molar-refractivity contribution >= 4 is 53.4 Å². The monoisotopic (exact) mass is 584 g/mol. The molecule has 0 spiro atoms. The average molecular weight is 585 g/mol. The van der Waals surface area contributed by atoms with Crippen LogP contribution in [0.3, 0.4) is 0 Å². The van der Waals surface area contributed by atoms with Gasteiger partial charge in [0.05, 0.1) is 47.6 Å². The number of aliphatic imine (C=N–C) groups is 1. The van der Waals surface area contributed by atoms with Gasteiger partial charge in [0, 0.05) is 50.4 Å². The molecular formula is C24H24N8O6S2. The van der Waals surface area contributed by atoms with Gasteiger partial charge in [-0.1, -0.05) is 0 Å². The first-order valence-electron chi connectivity index (χ1n) is 12.3. The molecule has 40 heavy (non-hydrogen) atoms. The Kier molecular flexibility index (Phi) is 8.20. The van der Waals surface area contributed by atoms with Gasteiger partial charge in [-0.15, -0.1) is 0 Å². The molecular weight excluding hydrogens is 560 g/mol. The van der Waals surface area contributed by atoms with E-state index in [-0.39, 0.29) is 20.9 Å². The van der Waals surface area contributed by atoms with Crippen LogP contribution in [0.25, 0.3) is 5.69 Å². The summed E-state index contributed by atoms with van der Waals surface area (Å²) < 4.78 is 14.7. The molecule has 16 heteroatoms. The smallest absolute Gasteiger partial charge is 0.269 e. The lowest BCUT2D eigenvalue weighted by Gasteiger charge is -2.33. The van der Waals surface area contributed by atoms with Gasteiger partial charge in [0.2, 0.25) is 16.7 Å². The third kappa shape index (κ3) is 5.74. The van der Waals surface area contributed by atoms with Gasteiger partial charge in [0.25, 0.3) is 11.4 Å². The zero-order valence-corrected chi connectivity index (χ0v) is 22.8. The van der Waals surface area contributed by atoms with Gasteiger partial charge in [-0.3, -0.25) is 24.8 Å². The number of nitro benzene ring substituents is 2. The first-order valence-corrected chi connectivity index (χ1v) is 13.1. The van der Waals surface area contributed by atoms with Crippen LogP contribution in [0.2, 0.25) is 0 Å². The van der Waals surface area contributed by atoms with Gasteiger partial charge in [-0.2, -0.15) is 4.98 Å². The number of benzene rings is 2. The van der Waals surface area contributed by atoms with Crippen molar-refractivity contribution in [1.29, 1.82) is 0 Å². The number of hydrogen-bond acceptors (Lipinski definition) is 11. The molecule has 0 saturated carbocycles. The Hall–Kier alpha value is -4.12. The Labute approximate surface area is 238 Å². The number of morpholine rings is 2. The van der Waals surface area contributed by atoms with Crippen molar-refractivity contribution in [2.75, 3.05) is 57.5 Å². The summed E-state index contributed by atoms with van der Waals surface area (Å²) in [6.07, 6.45) is 0. The van der Waals surface area contributed by atoms with Crippen molar-refractivity contribution in [3.05, 3.63) is 78.3 Å². The highest BCUT2D eigenvalue weighted by Gasteiger charge is 2.24. The van der Waals surface area contributed by atoms with Gasteiger partial charge in [0.1, 0.15) is 0 Å². The second-order valence-corrected chi connectivity index (χ2v) is 9.54. The summed E-state index contributed by atoms with van der Waals surface area (Å²) in [6, 6.07) is 11.9. The largest absolute Gasteiger partial charge is 0.378 e. The highest BCUT2D eigenvalue weighted by Crippen LogP contribution is 2.24. The first kappa shape index (κ1) is 27.4. The normalized spacial score (nSPS) is 16.1. The van der Waals surface area contributed by atoms with E-state index in [1.165, 1.54) is 24.3 Å². The number of ether oxygens (including phenoxy) is 2. The molecule has 2 aromatic carbocycles. The predicted octanol–water partition coefficient (Wildman–Crippen LogP) is 3.65. The average Bonchev–Trinajstić information content (AvgIpc) is 2.97. The molecule has 0 atom stereocenters. The van der Waals surface area contributed by atoms with E-state index in [1.807, 2.05) is 9.80 Å². The molecule has 0 bridgehead atoms. The van der Waals surface area contributed by atoms with Gasteiger partial charge in [0.15, 0.2) is 4.77 Å². The van der Waals surface area contributed by atoms with E-state index in [4.69, 9.17) is 43.9 Å². The highest BCUT2D eigenvalue weighted by molar-refractivity contribution is 7.72. The number of anilines is 1. The fourth-order valence-electron chi connectivity index (χ4n) is 4.34. The SMILES string of the molecule is O=[N+]([O-])c1ccc(N=C(N2CCOCC2)n2c(=S)nc(N3CCOCC3)n(-c3ccc([N+](=O)[O-])cc3)c2=S)cc1. The van der Waals surface area contributed by atoms with Crippen molar-refractivity contribution in [3.63, 3.8) is 0 Å². The maximum atomic E-state index is 11.3. The molecule has 2 aliphatic heterocycles. The minimum Gasteiger partial charge on any atom is -0.378 e. The zero-order valence-electron chi connectivity index (χ0n) is 21.1. The maximum Gasteiger partial charge on any atom is 0.269 e. The minimum absolute atomic E-state index is 0.0556. The van der Waals surface area contributed by atoms with E-state index in [9.17, 15) is 20.2 Å². The maximum absolute atomic E-state index is 11.3.